The maximum Gasteiger partial charge on any atom is 0.189 e. The summed E-state index contributed by atoms with van der Waals surface area (Å²) in [5, 5.41) is 10.5. The normalized spacial score (nSPS) is 25.7. The van der Waals surface area contributed by atoms with Crippen LogP contribution in [0, 0.1) is 0 Å². The number of ketones is 1. The highest BCUT2D eigenvalue weighted by Crippen LogP contribution is 2.32. The molecule has 0 unspecified atom stereocenters. The Balaban J connectivity index is 2.08. The van der Waals surface area contributed by atoms with Gasteiger partial charge in [-0.15, -0.1) is 0 Å². The standard InChI is InChI=1S/C14H22O2/c15-13(12-8-4-3-5-9-12)14(16)10-6-1-2-7-11-14/h8,16H,1-7,9-11H2. The molecule has 0 amide bonds. The van der Waals surface area contributed by atoms with E-state index in [1.54, 1.807) is 0 Å². The molecule has 0 radical (unpaired) electrons. The predicted octanol–water partition coefficient (Wildman–Crippen LogP) is 3.14. The van der Waals surface area contributed by atoms with Crippen molar-refractivity contribution in [3.63, 3.8) is 0 Å². The third-order valence-corrected chi connectivity index (χ3v) is 3.94. The van der Waals surface area contributed by atoms with Gasteiger partial charge in [-0.2, -0.15) is 0 Å². The molecule has 2 heteroatoms. The van der Waals surface area contributed by atoms with Crippen molar-refractivity contribution in [2.75, 3.05) is 0 Å². The molecule has 2 aliphatic rings. The van der Waals surface area contributed by atoms with Gasteiger partial charge in [-0.1, -0.05) is 31.8 Å². The number of Topliss-reactive ketones (excluding diaryl/α,β-unsaturated/α-hetero) is 1. The molecule has 0 bridgehead atoms. The molecule has 2 aliphatic carbocycles. The quantitative estimate of drug-likeness (QED) is 0.729. The first-order valence-corrected chi connectivity index (χ1v) is 6.69. The van der Waals surface area contributed by atoms with Gasteiger partial charge >= 0.3 is 0 Å². The minimum atomic E-state index is -1.03. The molecule has 2 nitrogen and oxygen atoms in total. The second kappa shape index (κ2) is 5.13. The number of carbonyl (C=O) groups excluding carboxylic acids is 1. The van der Waals surface area contributed by atoms with Gasteiger partial charge in [0.1, 0.15) is 5.60 Å². The zero-order valence-electron chi connectivity index (χ0n) is 10.0. The average molecular weight is 222 g/mol. The molecule has 2 rings (SSSR count). The van der Waals surface area contributed by atoms with Crippen molar-refractivity contribution in [2.24, 2.45) is 0 Å². The van der Waals surface area contributed by atoms with Crippen LogP contribution in [0.3, 0.4) is 0 Å². The van der Waals surface area contributed by atoms with Crippen molar-refractivity contribution in [3.8, 4) is 0 Å². The van der Waals surface area contributed by atoms with E-state index in [1.807, 2.05) is 0 Å². The largest absolute Gasteiger partial charge is 0.382 e. The zero-order chi connectivity index (χ0) is 11.4. The molecular formula is C14H22O2. The maximum absolute atomic E-state index is 12.3. The average Bonchev–Trinajstić information content (AvgIpc) is 2.55. The monoisotopic (exact) mass is 222 g/mol. The summed E-state index contributed by atoms with van der Waals surface area (Å²) in [5.41, 5.74) is -0.129. The predicted molar refractivity (Wildman–Crippen MR) is 64.2 cm³/mol. The smallest absolute Gasteiger partial charge is 0.189 e. The van der Waals surface area contributed by atoms with Crippen molar-refractivity contribution in [3.05, 3.63) is 11.6 Å². The molecule has 0 heterocycles. The summed E-state index contributed by atoms with van der Waals surface area (Å²) in [6.45, 7) is 0. The summed E-state index contributed by atoms with van der Waals surface area (Å²) in [6, 6.07) is 0. The van der Waals surface area contributed by atoms with Gasteiger partial charge in [0.2, 0.25) is 0 Å². The van der Waals surface area contributed by atoms with Crippen LogP contribution in [0.15, 0.2) is 11.6 Å². The second-order valence-electron chi connectivity index (χ2n) is 5.25. The van der Waals surface area contributed by atoms with Gasteiger partial charge in [0.15, 0.2) is 5.78 Å². The maximum atomic E-state index is 12.3. The fraction of sp³-hybridized carbons (Fsp3) is 0.786. The van der Waals surface area contributed by atoms with Gasteiger partial charge in [0.25, 0.3) is 0 Å². The van der Waals surface area contributed by atoms with Gasteiger partial charge in [0, 0.05) is 0 Å². The molecule has 0 saturated heterocycles. The van der Waals surface area contributed by atoms with Gasteiger partial charge in [-0.25, -0.2) is 0 Å². The fourth-order valence-corrected chi connectivity index (χ4v) is 2.88. The first-order valence-electron chi connectivity index (χ1n) is 6.69. The molecule has 0 aromatic rings. The fourth-order valence-electron chi connectivity index (χ4n) is 2.88. The minimum absolute atomic E-state index is 0.0362. The van der Waals surface area contributed by atoms with Crippen molar-refractivity contribution in [1.29, 1.82) is 0 Å². The van der Waals surface area contributed by atoms with Crippen LogP contribution in [0.5, 0.6) is 0 Å². The summed E-state index contributed by atoms with van der Waals surface area (Å²) >= 11 is 0. The highest BCUT2D eigenvalue weighted by Gasteiger charge is 2.37. The lowest BCUT2D eigenvalue weighted by Gasteiger charge is -2.27. The highest BCUT2D eigenvalue weighted by atomic mass is 16.3. The third-order valence-electron chi connectivity index (χ3n) is 3.94. The Morgan fingerprint density at radius 1 is 1.06 bits per heavy atom. The molecule has 0 aliphatic heterocycles. The van der Waals surface area contributed by atoms with Crippen molar-refractivity contribution in [1.82, 2.24) is 0 Å². The number of allylic oxidation sites excluding steroid dienone is 1. The summed E-state index contributed by atoms with van der Waals surface area (Å²) < 4.78 is 0. The Bertz CT molecular complexity index is 283. The highest BCUT2D eigenvalue weighted by molar-refractivity contribution is 6.01. The molecule has 0 aromatic carbocycles. The Kier molecular flexibility index (Phi) is 3.80. The van der Waals surface area contributed by atoms with Crippen LogP contribution in [0.1, 0.15) is 64.2 Å². The van der Waals surface area contributed by atoms with Crippen LogP contribution >= 0.6 is 0 Å². The molecule has 0 spiro atoms. The summed E-state index contributed by atoms with van der Waals surface area (Å²) in [5.74, 6) is 0.0362. The topological polar surface area (TPSA) is 37.3 Å². The van der Waals surface area contributed by atoms with E-state index in [1.165, 1.54) is 6.42 Å². The summed E-state index contributed by atoms with van der Waals surface area (Å²) in [7, 11) is 0. The molecule has 16 heavy (non-hydrogen) atoms. The first-order chi connectivity index (χ1) is 7.72. The van der Waals surface area contributed by atoms with Gasteiger partial charge in [-0.05, 0) is 44.1 Å². The number of hydrogen-bond acceptors (Lipinski definition) is 2. The Labute approximate surface area is 97.7 Å². The molecule has 0 atom stereocenters. The minimum Gasteiger partial charge on any atom is -0.382 e. The van der Waals surface area contributed by atoms with Crippen molar-refractivity contribution >= 4 is 5.78 Å². The summed E-state index contributed by atoms with van der Waals surface area (Å²) in [6.07, 6.45) is 11.9. The zero-order valence-corrected chi connectivity index (χ0v) is 10.0. The van der Waals surface area contributed by atoms with Crippen LogP contribution in [-0.2, 0) is 4.79 Å². The van der Waals surface area contributed by atoms with E-state index in [2.05, 4.69) is 6.08 Å². The molecule has 1 N–H and O–H groups in total. The van der Waals surface area contributed by atoms with E-state index in [0.29, 0.717) is 12.8 Å². The Morgan fingerprint density at radius 2 is 1.75 bits per heavy atom. The van der Waals surface area contributed by atoms with E-state index in [0.717, 1.165) is 50.5 Å². The number of rotatable bonds is 2. The third kappa shape index (κ3) is 2.54. The SMILES string of the molecule is O=C(C1=CCCCC1)C1(O)CCCCCC1. The lowest BCUT2D eigenvalue weighted by atomic mass is 9.82. The molecular weight excluding hydrogens is 200 g/mol. The van der Waals surface area contributed by atoms with Gasteiger partial charge < -0.3 is 5.11 Å². The van der Waals surface area contributed by atoms with E-state index >= 15 is 0 Å². The lowest BCUT2D eigenvalue weighted by molar-refractivity contribution is -0.134. The molecule has 1 fully saturated rings. The first kappa shape index (κ1) is 11.8. The van der Waals surface area contributed by atoms with E-state index in [-0.39, 0.29) is 5.78 Å². The second-order valence-corrected chi connectivity index (χ2v) is 5.25. The molecule has 90 valence electrons. The number of hydrogen-bond donors (Lipinski definition) is 1. The van der Waals surface area contributed by atoms with Crippen LogP contribution in [0.2, 0.25) is 0 Å². The van der Waals surface area contributed by atoms with E-state index < -0.39 is 5.60 Å². The Morgan fingerprint density at radius 3 is 2.31 bits per heavy atom. The van der Waals surface area contributed by atoms with Crippen LogP contribution < -0.4 is 0 Å². The molecule has 1 saturated carbocycles. The van der Waals surface area contributed by atoms with Crippen LogP contribution in [0.4, 0.5) is 0 Å². The van der Waals surface area contributed by atoms with Crippen molar-refractivity contribution < 1.29 is 9.90 Å². The number of aliphatic hydroxyl groups is 1. The van der Waals surface area contributed by atoms with Crippen molar-refractivity contribution in [2.45, 2.75) is 69.8 Å². The lowest BCUT2D eigenvalue weighted by Crippen LogP contribution is -2.39. The van der Waals surface area contributed by atoms with Crippen LogP contribution in [-0.4, -0.2) is 16.5 Å². The van der Waals surface area contributed by atoms with E-state index in [4.69, 9.17) is 0 Å². The summed E-state index contributed by atoms with van der Waals surface area (Å²) in [4.78, 5) is 12.3. The molecule has 0 aromatic heterocycles. The van der Waals surface area contributed by atoms with E-state index in [9.17, 15) is 9.90 Å². The van der Waals surface area contributed by atoms with Crippen LogP contribution in [0.25, 0.3) is 0 Å². The number of carbonyl (C=O) groups is 1. The Hall–Kier alpha value is -0.630. The van der Waals surface area contributed by atoms with Gasteiger partial charge in [-0.3, -0.25) is 4.79 Å². The van der Waals surface area contributed by atoms with Gasteiger partial charge in [0.05, 0.1) is 0 Å².